The molecule has 0 aliphatic carbocycles. The van der Waals surface area contributed by atoms with Crippen LogP contribution in [0.3, 0.4) is 0 Å². The van der Waals surface area contributed by atoms with Crippen LogP contribution in [0.5, 0.6) is 5.75 Å². The number of nitrogen functional groups attached to an aromatic ring is 1. The standard InChI is InChI=1S/C24H21N5O2/c25-13-17-11-15(1-3-22(17)31-18-6-9-30-10-7-18)19-5-8-27-24-20(19)12-21(29-24)16-2-4-23(26)28-14-16/h1-5,8,11-12,14,18H,6-7,9-10H2,(H2,26,28)(H,27,29). The molecule has 0 radical (unpaired) electrons. The Morgan fingerprint density at radius 3 is 2.68 bits per heavy atom. The number of rotatable bonds is 4. The molecule has 0 unspecified atom stereocenters. The number of benzene rings is 1. The van der Waals surface area contributed by atoms with Gasteiger partial charge in [0.15, 0.2) is 0 Å². The van der Waals surface area contributed by atoms with Gasteiger partial charge in [0, 0.05) is 41.9 Å². The summed E-state index contributed by atoms with van der Waals surface area (Å²) in [5.74, 6) is 1.09. The molecule has 3 N–H and O–H groups in total. The fourth-order valence-electron chi connectivity index (χ4n) is 3.86. The third-order valence-electron chi connectivity index (χ3n) is 5.50. The lowest BCUT2D eigenvalue weighted by atomic mass is 10.0. The number of aromatic nitrogens is 3. The topological polar surface area (TPSA) is 110 Å². The van der Waals surface area contributed by atoms with Gasteiger partial charge in [-0.25, -0.2) is 9.97 Å². The second-order valence-electron chi connectivity index (χ2n) is 7.53. The van der Waals surface area contributed by atoms with Crippen molar-refractivity contribution in [3.05, 3.63) is 60.4 Å². The molecule has 1 aliphatic heterocycles. The van der Waals surface area contributed by atoms with E-state index in [1.54, 1.807) is 18.5 Å². The molecule has 7 heteroatoms. The molecule has 4 heterocycles. The van der Waals surface area contributed by atoms with E-state index >= 15 is 0 Å². The van der Waals surface area contributed by atoms with Gasteiger partial charge >= 0.3 is 0 Å². The summed E-state index contributed by atoms with van der Waals surface area (Å²) in [6.07, 6.45) is 5.25. The molecule has 0 amide bonds. The first-order chi connectivity index (χ1) is 15.2. The lowest BCUT2D eigenvalue weighted by molar-refractivity contribution is 0.0254. The molecule has 0 atom stereocenters. The second kappa shape index (κ2) is 8.09. The van der Waals surface area contributed by atoms with Crippen molar-refractivity contribution >= 4 is 16.9 Å². The minimum absolute atomic E-state index is 0.0834. The van der Waals surface area contributed by atoms with Crippen molar-refractivity contribution in [1.29, 1.82) is 5.26 Å². The summed E-state index contributed by atoms with van der Waals surface area (Å²) in [6.45, 7) is 1.39. The van der Waals surface area contributed by atoms with E-state index in [-0.39, 0.29) is 6.10 Å². The zero-order valence-corrected chi connectivity index (χ0v) is 16.8. The number of nitrogens with one attached hydrogen (secondary N) is 1. The third-order valence-corrected chi connectivity index (χ3v) is 5.50. The van der Waals surface area contributed by atoms with Crippen LogP contribution in [0, 0.1) is 11.3 Å². The molecule has 5 rings (SSSR count). The highest BCUT2D eigenvalue weighted by atomic mass is 16.5. The fraction of sp³-hybridized carbons (Fsp3) is 0.208. The molecule has 1 saturated heterocycles. The fourth-order valence-corrected chi connectivity index (χ4v) is 3.86. The number of nitrogens with two attached hydrogens (primary N) is 1. The van der Waals surface area contributed by atoms with Crippen LogP contribution < -0.4 is 10.5 Å². The van der Waals surface area contributed by atoms with Crippen LogP contribution in [-0.4, -0.2) is 34.3 Å². The molecule has 7 nitrogen and oxygen atoms in total. The summed E-state index contributed by atoms with van der Waals surface area (Å²) in [7, 11) is 0. The number of fused-ring (bicyclic) bond motifs is 1. The van der Waals surface area contributed by atoms with Crippen molar-refractivity contribution in [3.63, 3.8) is 0 Å². The lowest BCUT2D eigenvalue weighted by Gasteiger charge is -2.23. The first-order valence-electron chi connectivity index (χ1n) is 10.2. The molecule has 4 aromatic rings. The maximum absolute atomic E-state index is 9.72. The van der Waals surface area contributed by atoms with Crippen LogP contribution in [0.1, 0.15) is 18.4 Å². The van der Waals surface area contributed by atoms with Gasteiger partial charge in [-0.2, -0.15) is 5.26 Å². The third kappa shape index (κ3) is 3.81. The Bertz CT molecular complexity index is 1270. The van der Waals surface area contributed by atoms with Gasteiger partial charge in [0.25, 0.3) is 0 Å². The van der Waals surface area contributed by atoms with Crippen LogP contribution in [-0.2, 0) is 4.74 Å². The highest BCUT2D eigenvalue weighted by Gasteiger charge is 2.18. The first kappa shape index (κ1) is 19.1. The van der Waals surface area contributed by atoms with E-state index < -0.39 is 0 Å². The van der Waals surface area contributed by atoms with E-state index in [0.717, 1.165) is 46.3 Å². The molecular formula is C24H21N5O2. The predicted molar refractivity (Wildman–Crippen MR) is 118 cm³/mol. The van der Waals surface area contributed by atoms with Crippen molar-refractivity contribution < 1.29 is 9.47 Å². The summed E-state index contributed by atoms with van der Waals surface area (Å²) in [5, 5.41) is 10.7. The van der Waals surface area contributed by atoms with E-state index in [1.807, 2.05) is 36.4 Å². The largest absolute Gasteiger partial charge is 0.489 e. The molecule has 3 aromatic heterocycles. The molecule has 1 aromatic carbocycles. The molecule has 0 spiro atoms. The Hall–Kier alpha value is -3.89. The van der Waals surface area contributed by atoms with Gasteiger partial charge < -0.3 is 20.2 Å². The summed E-state index contributed by atoms with van der Waals surface area (Å²) >= 11 is 0. The number of H-pyrrole nitrogens is 1. The quantitative estimate of drug-likeness (QED) is 0.518. The summed E-state index contributed by atoms with van der Waals surface area (Å²) in [6, 6.07) is 15.7. The van der Waals surface area contributed by atoms with Crippen molar-refractivity contribution in [2.24, 2.45) is 0 Å². The van der Waals surface area contributed by atoms with Crippen molar-refractivity contribution in [2.45, 2.75) is 18.9 Å². The van der Waals surface area contributed by atoms with E-state index in [4.69, 9.17) is 15.2 Å². The monoisotopic (exact) mass is 411 g/mol. The number of aromatic amines is 1. The van der Waals surface area contributed by atoms with Crippen molar-refractivity contribution in [1.82, 2.24) is 15.0 Å². The van der Waals surface area contributed by atoms with E-state index in [2.05, 4.69) is 21.0 Å². The van der Waals surface area contributed by atoms with Crippen LogP contribution >= 0.6 is 0 Å². The van der Waals surface area contributed by atoms with Gasteiger partial charge in [-0.15, -0.1) is 0 Å². The highest BCUT2D eigenvalue weighted by molar-refractivity contribution is 5.96. The lowest BCUT2D eigenvalue weighted by Crippen LogP contribution is -2.26. The zero-order valence-electron chi connectivity index (χ0n) is 16.8. The van der Waals surface area contributed by atoms with E-state index in [0.29, 0.717) is 30.3 Å². The summed E-state index contributed by atoms with van der Waals surface area (Å²) < 4.78 is 11.5. The number of nitrogens with zero attached hydrogens (tertiary/aromatic N) is 3. The van der Waals surface area contributed by atoms with E-state index in [1.165, 1.54) is 0 Å². The average molecular weight is 411 g/mol. The van der Waals surface area contributed by atoms with Crippen LogP contribution in [0.4, 0.5) is 5.82 Å². The van der Waals surface area contributed by atoms with Gasteiger partial charge in [-0.1, -0.05) is 6.07 Å². The first-order valence-corrected chi connectivity index (χ1v) is 10.2. The number of ether oxygens (including phenoxy) is 2. The molecule has 0 bridgehead atoms. The van der Waals surface area contributed by atoms with Crippen LogP contribution in [0.2, 0.25) is 0 Å². The van der Waals surface area contributed by atoms with Crippen molar-refractivity contribution in [3.8, 4) is 34.2 Å². The number of pyridine rings is 2. The number of hydrogen-bond donors (Lipinski definition) is 2. The summed E-state index contributed by atoms with van der Waals surface area (Å²) in [5.41, 5.74) is 10.7. The van der Waals surface area contributed by atoms with Gasteiger partial charge in [0.2, 0.25) is 0 Å². The zero-order chi connectivity index (χ0) is 21.2. The minimum atomic E-state index is 0.0834. The van der Waals surface area contributed by atoms with Crippen molar-refractivity contribution in [2.75, 3.05) is 18.9 Å². The van der Waals surface area contributed by atoms with Gasteiger partial charge in [0.1, 0.15) is 29.4 Å². The maximum Gasteiger partial charge on any atom is 0.138 e. The SMILES string of the molecule is N#Cc1cc(-c2ccnc3[nH]c(-c4ccc(N)nc4)cc23)ccc1OC1CCOCC1. The molecule has 31 heavy (non-hydrogen) atoms. The Morgan fingerprint density at radius 2 is 1.90 bits per heavy atom. The molecule has 154 valence electrons. The van der Waals surface area contributed by atoms with Gasteiger partial charge in [-0.3, -0.25) is 0 Å². The Balaban J connectivity index is 1.51. The second-order valence-corrected chi connectivity index (χ2v) is 7.53. The number of nitriles is 1. The van der Waals surface area contributed by atoms with Crippen LogP contribution in [0.25, 0.3) is 33.4 Å². The smallest absolute Gasteiger partial charge is 0.138 e. The molecule has 0 saturated carbocycles. The molecular weight excluding hydrogens is 390 g/mol. The van der Waals surface area contributed by atoms with E-state index in [9.17, 15) is 5.26 Å². The Labute approximate surface area is 179 Å². The summed E-state index contributed by atoms with van der Waals surface area (Å²) in [4.78, 5) is 12.0. The van der Waals surface area contributed by atoms with Gasteiger partial charge in [-0.05, 0) is 47.5 Å². The minimum Gasteiger partial charge on any atom is -0.489 e. The number of hydrogen-bond acceptors (Lipinski definition) is 6. The normalized spacial score (nSPS) is 14.4. The molecule has 1 fully saturated rings. The maximum atomic E-state index is 9.72. The Kier molecular flexibility index (Phi) is 4.98. The Morgan fingerprint density at radius 1 is 1.06 bits per heavy atom. The molecule has 1 aliphatic rings. The van der Waals surface area contributed by atoms with Gasteiger partial charge in [0.05, 0.1) is 18.8 Å². The number of anilines is 1. The predicted octanol–water partition coefficient (Wildman–Crippen LogP) is 4.30. The van der Waals surface area contributed by atoms with Crippen LogP contribution in [0.15, 0.2) is 54.9 Å². The highest BCUT2D eigenvalue weighted by Crippen LogP contribution is 2.34. The average Bonchev–Trinajstić information content (AvgIpc) is 3.25.